The first-order chi connectivity index (χ1) is 8.17. The zero-order chi connectivity index (χ0) is 12.4. The van der Waals surface area contributed by atoms with Gasteiger partial charge in [0.1, 0.15) is 29.8 Å². The fourth-order valence-corrected chi connectivity index (χ4v) is 2.98. The summed E-state index contributed by atoms with van der Waals surface area (Å²) in [7, 11) is 0. The van der Waals surface area contributed by atoms with Crippen LogP contribution in [0.15, 0.2) is 4.99 Å². The van der Waals surface area contributed by atoms with Crippen molar-refractivity contribution in [1.82, 2.24) is 5.32 Å². The van der Waals surface area contributed by atoms with Crippen molar-refractivity contribution >= 4 is 16.9 Å². The van der Waals surface area contributed by atoms with Crippen LogP contribution in [0.1, 0.15) is 0 Å². The number of thioether (sulfide) groups is 1. The number of nitrogens with zero attached hydrogens (tertiary/aromatic N) is 1. The lowest BCUT2D eigenvalue weighted by Crippen LogP contribution is -2.55. The lowest BCUT2D eigenvalue weighted by atomic mass is 9.99. The molecule has 0 radical (unpaired) electrons. The average Bonchev–Trinajstić information content (AvgIpc) is 2.74. The van der Waals surface area contributed by atoms with Crippen molar-refractivity contribution in [2.45, 2.75) is 29.8 Å². The number of amidine groups is 1. The summed E-state index contributed by atoms with van der Waals surface area (Å²) in [5.41, 5.74) is -0.410. The van der Waals surface area contributed by atoms with E-state index in [9.17, 15) is 10.2 Å². The molecule has 2 heterocycles. The van der Waals surface area contributed by atoms with Gasteiger partial charge in [0.2, 0.25) is 0 Å². The number of aliphatic hydroxyl groups is 4. The van der Waals surface area contributed by atoms with Gasteiger partial charge in [0.25, 0.3) is 0 Å². The van der Waals surface area contributed by atoms with Gasteiger partial charge in [0.15, 0.2) is 5.17 Å². The third kappa shape index (κ3) is 2.56. The van der Waals surface area contributed by atoms with Crippen LogP contribution >= 0.6 is 11.8 Å². The highest BCUT2D eigenvalue weighted by atomic mass is 32.2. The molecule has 2 aliphatic rings. The number of fused-ring (bicyclic) bond motifs is 1. The highest BCUT2D eigenvalue weighted by molar-refractivity contribution is 8.14. The van der Waals surface area contributed by atoms with Crippen LogP contribution < -0.4 is 5.32 Å². The number of hydrogen-bond donors (Lipinski definition) is 5. The van der Waals surface area contributed by atoms with Crippen LogP contribution in [0.5, 0.6) is 0 Å². The first kappa shape index (κ1) is 13.1. The van der Waals surface area contributed by atoms with E-state index in [2.05, 4.69) is 10.3 Å². The minimum Gasteiger partial charge on any atom is -0.395 e. The molecule has 0 bridgehead atoms. The molecule has 0 aromatic carbocycles. The topological polar surface area (TPSA) is 115 Å². The first-order valence-corrected chi connectivity index (χ1v) is 6.27. The van der Waals surface area contributed by atoms with Gasteiger partial charge in [-0.1, -0.05) is 11.8 Å². The van der Waals surface area contributed by atoms with Crippen LogP contribution in [0.3, 0.4) is 0 Å². The van der Waals surface area contributed by atoms with Crippen molar-refractivity contribution in [2.75, 3.05) is 19.8 Å². The van der Waals surface area contributed by atoms with Gasteiger partial charge in [-0.2, -0.15) is 0 Å². The van der Waals surface area contributed by atoms with E-state index in [4.69, 9.17) is 14.9 Å². The first-order valence-electron chi connectivity index (χ1n) is 5.39. The molecule has 5 atom stereocenters. The summed E-state index contributed by atoms with van der Waals surface area (Å²) in [5, 5.41) is 40.7. The van der Waals surface area contributed by atoms with E-state index in [0.29, 0.717) is 11.7 Å². The summed E-state index contributed by atoms with van der Waals surface area (Å²) in [6, 6.07) is -0.543. The number of aliphatic hydroxyl groups excluding tert-OH is 4. The van der Waals surface area contributed by atoms with Crippen molar-refractivity contribution in [3.05, 3.63) is 0 Å². The fraction of sp³-hybridized carbons (Fsp3) is 0.889. The number of aliphatic imine (C=N–C) groups is 1. The van der Waals surface area contributed by atoms with Crippen molar-refractivity contribution in [3.63, 3.8) is 0 Å². The number of hydrogen-bond acceptors (Lipinski definition) is 8. The van der Waals surface area contributed by atoms with Crippen molar-refractivity contribution in [3.8, 4) is 0 Å². The van der Waals surface area contributed by atoms with Crippen molar-refractivity contribution in [2.24, 2.45) is 4.99 Å². The van der Waals surface area contributed by atoms with Gasteiger partial charge in [-0.3, -0.25) is 4.99 Å². The number of ether oxygens (including phenoxy) is 1. The molecule has 8 heteroatoms. The SMILES string of the molecule is OCCNC1=NC2C(O[C@H](CO)[C@@H](O)[C@@H]2O)S1. The van der Waals surface area contributed by atoms with Gasteiger partial charge >= 0.3 is 0 Å². The Labute approximate surface area is 103 Å². The van der Waals surface area contributed by atoms with Gasteiger partial charge in [0, 0.05) is 6.54 Å². The van der Waals surface area contributed by atoms with Gasteiger partial charge in [-0.25, -0.2) is 0 Å². The Morgan fingerprint density at radius 1 is 1.29 bits per heavy atom. The molecular weight excluding hydrogens is 248 g/mol. The molecule has 2 aliphatic heterocycles. The molecule has 0 aromatic rings. The van der Waals surface area contributed by atoms with E-state index in [1.54, 1.807) is 0 Å². The quantitative estimate of drug-likeness (QED) is 0.382. The third-order valence-electron chi connectivity index (χ3n) is 2.73. The van der Waals surface area contributed by atoms with Crippen LogP contribution in [0.4, 0.5) is 0 Å². The maximum Gasteiger partial charge on any atom is 0.159 e. The minimum atomic E-state index is -1.14. The average molecular weight is 264 g/mol. The fourth-order valence-electron chi connectivity index (χ4n) is 1.83. The van der Waals surface area contributed by atoms with Gasteiger partial charge in [-0.05, 0) is 0 Å². The molecule has 0 aliphatic carbocycles. The Balaban J connectivity index is 2.01. The molecule has 2 rings (SSSR count). The van der Waals surface area contributed by atoms with E-state index in [1.165, 1.54) is 11.8 Å². The molecule has 1 fully saturated rings. The second-order valence-electron chi connectivity index (χ2n) is 3.90. The van der Waals surface area contributed by atoms with Gasteiger partial charge in [0.05, 0.1) is 13.2 Å². The maximum atomic E-state index is 9.85. The Bertz CT molecular complexity index is 303. The monoisotopic (exact) mass is 264 g/mol. The summed E-state index contributed by atoms with van der Waals surface area (Å²) < 4.78 is 5.44. The van der Waals surface area contributed by atoms with Crippen LogP contribution in [0.2, 0.25) is 0 Å². The second kappa shape index (κ2) is 5.51. The molecule has 5 N–H and O–H groups in total. The lowest BCUT2D eigenvalue weighted by Gasteiger charge is -2.37. The van der Waals surface area contributed by atoms with Crippen LogP contribution in [-0.4, -0.2) is 75.1 Å². The molecule has 0 amide bonds. The number of rotatable bonds is 3. The summed E-state index contributed by atoms with van der Waals surface area (Å²) in [6.07, 6.45) is -2.97. The van der Waals surface area contributed by atoms with E-state index in [0.717, 1.165) is 0 Å². The summed E-state index contributed by atoms with van der Waals surface area (Å²) in [4.78, 5) is 4.19. The summed E-state index contributed by atoms with van der Waals surface area (Å²) in [6.45, 7) is 0.00890. The van der Waals surface area contributed by atoms with Gasteiger partial charge in [-0.15, -0.1) is 0 Å². The molecule has 0 aromatic heterocycles. The Morgan fingerprint density at radius 2 is 2.06 bits per heavy atom. The predicted octanol–water partition coefficient (Wildman–Crippen LogP) is -2.52. The van der Waals surface area contributed by atoms with E-state index >= 15 is 0 Å². The van der Waals surface area contributed by atoms with Crippen LogP contribution in [0, 0.1) is 0 Å². The van der Waals surface area contributed by atoms with E-state index < -0.39 is 29.8 Å². The Kier molecular flexibility index (Phi) is 4.23. The van der Waals surface area contributed by atoms with Crippen molar-refractivity contribution in [1.29, 1.82) is 0 Å². The van der Waals surface area contributed by atoms with Crippen LogP contribution in [0.25, 0.3) is 0 Å². The number of nitrogens with one attached hydrogen (secondary N) is 1. The maximum absolute atomic E-state index is 9.85. The summed E-state index contributed by atoms with van der Waals surface area (Å²) in [5.74, 6) is 0. The standard InChI is InChI=1S/C9H16N2O5S/c12-2-1-10-9-11-5-7(15)6(14)4(3-13)16-8(5)17-9/h4-8,12-15H,1-3H2,(H,10,11)/t4-,5?,6-,7-,8?/m1/s1. The zero-order valence-electron chi connectivity index (χ0n) is 9.06. The third-order valence-corrected chi connectivity index (χ3v) is 3.83. The van der Waals surface area contributed by atoms with Crippen molar-refractivity contribution < 1.29 is 25.2 Å². The smallest absolute Gasteiger partial charge is 0.159 e. The molecule has 7 nitrogen and oxygen atoms in total. The molecular formula is C9H16N2O5S. The van der Waals surface area contributed by atoms with E-state index in [1.807, 2.05) is 0 Å². The molecule has 0 saturated carbocycles. The highest BCUT2D eigenvalue weighted by Gasteiger charge is 2.47. The van der Waals surface area contributed by atoms with Gasteiger partial charge < -0.3 is 30.5 Å². The summed E-state index contributed by atoms with van der Waals surface area (Å²) >= 11 is 1.28. The van der Waals surface area contributed by atoms with E-state index in [-0.39, 0.29) is 13.2 Å². The van der Waals surface area contributed by atoms with Crippen LogP contribution in [-0.2, 0) is 4.74 Å². The minimum absolute atomic E-state index is 0.0137. The molecule has 2 unspecified atom stereocenters. The predicted molar refractivity (Wildman–Crippen MR) is 61.7 cm³/mol. The Morgan fingerprint density at radius 3 is 2.71 bits per heavy atom. The normalized spacial score (nSPS) is 40.9. The Hall–Kier alpha value is -0.380. The zero-order valence-corrected chi connectivity index (χ0v) is 9.88. The highest BCUT2D eigenvalue weighted by Crippen LogP contribution is 2.35. The molecule has 98 valence electrons. The molecule has 1 saturated heterocycles. The second-order valence-corrected chi connectivity index (χ2v) is 4.99. The molecule has 0 spiro atoms. The lowest BCUT2D eigenvalue weighted by molar-refractivity contribution is -0.164. The largest absolute Gasteiger partial charge is 0.395 e. The molecule has 17 heavy (non-hydrogen) atoms.